The summed E-state index contributed by atoms with van der Waals surface area (Å²) in [7, 11) is 0. The van der Waals surface area contributed by atoms with Crippen molar-refractivity contribution >= 4 is 11.6 Å². The van der Waals surface area contributed by atoms with Gasteiger partial charge in [0.25, 0.3) is 0 Å². The number of hydrogen-bond donors (Lipinski definition) is 1. The van der Waals surface area contributed by atoms with Crippen molar-refractivity contribution in [2.24, 2.45) is 0 Å². The van der Waals surface area contributed by atoms with E-state index in [0.29, 0.717) is 22.7 Å². The first-order valence-electron chi connectivity index (χ1n) is 6.53. The van der Waals surface area contributed by atoms with E-state index in [9.17, 15) is 0 Å². The molecule has 0 bridgehead atoms. The molecule has 2 rings (SSSR count). The van der Waals surface area contributed by atoms with E-state index in [1.807, 2.05) is 25.1 Å². The van der Waals surface area contributed by atoms with Crippen LogP contribution >= 0.6 is 11.6 Å². The summed E-state index contributed by atoms with van der Waals surface area (Å²) in [5.41, 5.74) is 1.83. The fourth-order valence-electron chi connectivity index (χ4n) is 1.64. The molecule has 0 aromatic carbocycles. The summed E-state index contributed by atoms with van der Waals surface area (Å²) in [6, 6.07) is 5.94. The van der Waals surface area contributed by atoms with Gasteiger partial charge in [0.15, 0.2) is 5.75 Å². The van der Waals surface area contributed by atoms with Crippen LogP contribution in [0, 0.1) is 6.92 Å². The van der Waals surface area contributed by atoms with Crippen molar-refractivity contribution in [3.8, 4) is 11.6 Å². The molecule has 0 aliphatic rings. The maximum absolute atomic E-state index is 6.21. The van der Waals surface area contributed by atoms with E-state index < -0.39 is 0 Å². The lowest BCUT2D eigenvalue weighted by atomic mass is 10.2. The summed E-state index contributed by atoms with van der Waals surface area (Å²) in [5, 5.41) is 3.81. The second-order valence-corrected chi connectivity index (χ2v) is 5.26. The Kier molecular flexibility index (Phi) is 4.93. The molecule has 0 aliphatic carbocycles. The summed E-state index contributed by atoms with van der Waals surface area (Å²) in [6.07, 6.45) is 3.49. The van der Waals surface area contributed by atoms with Crippen molar-refractivity contribution in [1.82, 2.24) is 15.3 Å². The van der Waals surface area contributed by atoms with Crippen LogP contribution in [-0.2, 0) is 6.54 Å². The van der Waals surface area contributed by atoms with Gasteiger partial charge in [0, 0.05) is 25.0 Å². The second-order valence-electron chi connectivity index (χ2n) is 4.86. The fraction of sp³-hybridized carbons (Fsp3) is 0.333. The van der Waals surface area contributed by atoms with E-state index in [1.165, 1.54) is 0 Å². The zero-order valence-electron chi connectivity index (χ0n) is 11.9. The number of nitrogens with one attached hydrogen (secondary N) is 1. The van der Waals surface area contributed by atoms with Gasteiger partial charge in [0.05, 0.1) is 5.69 Å². The highest BCUT2D eigenvalue weighted by Gasteiger charge is 2.08. The van der Waals surface area contributed by atoms with Gasteiger partial charge in [-0.15, -0.1) is 0 Å². The maximum atomic E-state index is 6.21. The molecule has 2 aromatic rings. The Morgan fingerprint density at radius 1 is 1.35 bits per heavy atom. The maximum Gasteiger partial charge on any atom is 0.238 e. The van der Waals surface area contributed by atoms with E-state index in [1.54, 1.807) is 12.4 Å². The zero-order valence-corrected chi connectivity index (χ0v) is 12.6. The average Bonchev–Trinajstić information content (AvgIpc) is 2.41. The third-order valence-corrected chi connectivity index (χ3v) is 3.01. The van der Waals surface area contributed by atoms with E-state index in [-0.39, 0.29) is 0 Å². The molecule has 1 N–H and O–H groups in total. The van der Waals surface area contributed by atoms with Crippen LogP contribution in [0.2, 0.25) is 5.02 Å². The third-order valence-electron chi connectivity index (χ3n) is 2.74. The Bertz CT molecular complexity index is 587. The summed E-state index contributed by atoms with van der Waals surface area (Å²) in [6.45, 7) is 6.80. The number of pyridine rings is 2. The molecule has 0 spiro atoms. The van der Waals surface area contributed by atoms with E-state index in [4.69, 9.17) is 16.3 Å². The molecule has 0 aliphatic heterocycles. The Morgan fingerprint density at radius 3 is 2.80 bits per heavy atom. The summed E-state index contributed by atoms with van der Waals surface area (Å²) >= 11 is 6.21. The number of aromatic nitrogens is 2. The fourth-order valence-corrected chi connectivity index (χ4v) is 1.87. The van der Waals surface area contributed by atoms with Crippen molar-refractivity contribution in [2.45, 2.75) is 33.4 Å². The predicted molar refractivity (Wildman–Crippen MR) is 80.3 cm³/mol. The molecular formula is C15H18ClN3O. The third kappa shape index (κ3) is 3.92. The highest BCUT2D eigenvalue weighted by molar-refractivity contribution is 6.31. The van der Waals surface area contributed by atoms with Crippen LogP contribution in [0.4, 0.5) is 0 Å². The van der Waals surface area contributed by atoms with Crippen LogP contribution < -0.4 is 10.1 Å². The number of nitrogens with zero attached hydrogens (tertiary/aromatic N) is 2. The minimum Gasteiger partial charge on any atom is -0.436 e. The summed E-state index contributed by atoms with van der Waals surface area (Å²) in [4.78, 5) is 8.44. The van der Waals surface area contributed by atoms with E-state index in [2.05, 4.69) is 29.1 Å². The number of aryl methyl sites for hydroxylation is 1. The lowest BCUT2D eigenvalue weighted by Crippen LogP contribution is -2.21. The minimum atomic E-state index is 0.399. The van der Waals surface area contributed by atoms with Gasteiger partial charge in [-0.3, -0.25) is 4.98 Å². The molecule has 2 aromatic heterocycles. The first kappa shape index (κ1) is 14.8. The van der Waals surface area contributed by atoms with Crippen LogP contribution in [0.3, 0.4) is 0 Å². The molecular weight excluding hydrogens is 274 g/mol. The summed E-state index contributed by atoms with van der Waals surface area (Å²) < 4.78 is 5.69. The Labute approximate surface area is 124 Å². The first-order chi connectivity index (χ1) is 9.56. The summed E-state index contributed by atoms with van der Waals surface area (Å²) in [5.74, 6) is 1.06. The van der Waals surface area contributed by atoms with Crippen LogP contribution in [0.25, 0.3) is 0 Å². The highest BCUT2D eigenvalue weighted by atomic mass is 35.5. The molecule has 0 radical (unpaired) electrons. The van der Waals surface area contributed by atoms with Gasteiger partial charge in [0.1, 0.15) is 5.02 Å². The molecule has 2 heterocycles. The molecule has 0 atom stereocenters. The zero-order chi connectivity index (χ0) is 14.5. The topological polar surface area (TPSA) is 47.0 Å². The van der Waals surface area contributed by atoms with Crippen molar-refractivity contribution in [1.29, 1.82) is 0 Å². The average molecular weight is 292 g/mol. The smallest absolute Gasteiger partial charge is 0.238 e. The second kappa shape index (κ2) is 6.68. The molecule has 0 saturated heterocycles. The monoisotopic (exact) mass is 291 g/mol. The van der Waals surface area contributed by atoms with E-state index in [0.717, 1.165) is 17.8 Å². The number of halogens is 1. The van der Waals surface area contributed by atoms with Gasteiger partial charge in [-0.05, 0) is 30.7 Å². The molecule has 20 heavy (non-hydrogen) atoms. The highest BCUT2D eigenvalue weighted by Crippen LogP contribution is 2.28. The number of rotatable bonds is 5. The van der Waals surface area contributed by atoms with Crippen molar-refractivity contribution in [3.05, 3.63) is 46.9 Å². The molecule has 0 unspecified atom stereocenters. The largest absolute Gasteiger partial charge is 0.436 e. The van der Waals surface area contributed by atoms with Gasteiger partial charge in [0.2, 0.25) is 5.88 Å². The van der Waals surface area contributed by atoms with Crippen molar-refractivity contribution in [2.75, 3.05) is 0 Å². The standard InChI is InChI=1S/C15H18ClN3O/c1-10(2)18-8-12-7-13(16)15(19-9-12)20-14-5-4-6-17-11(14)3/h4-7,9-10,18H,8H2,1-3H3. The van der Waals surface area contributed by atoms with Crippen LogP contribution in [0.15, 0.2) is 30.6 Å². The van der Waals surface area contributed by atoms with Crippen LogP contribution in [0.5, 0.6) is 11.6 Å². The molecule has 5 heteroatoms. The normalized spacial score (nSPS) is 10.8. The van der Waals surface area contributed by atoms with Gasteiger partial charge in [-0.25, -0.2) is 4.98 Å². The molecule has 0 saturated carbocycles. The van der Waals surface area contributed by atoms with E-state index >= 15 is 0 Å². The Hall–Kier alpha value is -1.65. The first-order valence-corrected chi connectivity index (χ1v) is 6.91. The molecule has 0 amide bonds. The lowest BCUT2D eigenvalue weighted by molar-refractivity contribution is 0.456. The van der Waals surface area contributed by atoms with Crippen molar-refractivity contribution in [3.63, 3.8) is 0 Å². The van der Waals surface area contributed by atoms with Gasteiger partial charge < -0.3 is 10.1 Å². The molecule has 4 nitrogen and oxygen atoms in total. The number of ether oxygens (including phenoxy) is 1. The Balaban J connectivity index is 2.12. The quantitative estimate of drug-likeness (QED) is 0.912. The van der Waals surface area contributed by atoms with Crippen LogP contribution in [-0.4, -0.2) is 16.0 Å². The minimum absolute atomic E-state index is 0.399. The van der Waals surface area contributed by atoms with Crippen LogP contribution in [0.1, 0.15) is 25.1 Å². The van der Waals surface area contributed by atoms with Crippen molar-refractivity contribution < 1.29 is 4.74 Å². The Morgan fingerprint density at radius 2 is 2.15 bits per heavy atom. The SMILES string of the molecule is Cc1ncccc1Oc1ncc(CNC(C)C)cc1Cl. The van der Waals surface area contributed by atoms with Gasteiger partial charge in [-0.2, -0.15) is 0 Å². The molecule has 106 valence electrons. The predicted octanol–water partition coefficient (Wildman–Crippen LogP) is 3.73. The van der Waals surface area contributed by atoms with Gasteiger partial charge in [-0.1, -0.05) is 25.4 Å². The van der Waals surface area contributed by atoms with Gasteiger partial charge >= 0.3 is 0 Å². The molecule has 0 fully saturated rings. The lowest BCUT2D eigenvalue weighted by Gasteiger charge is -2.11. The number of hydrogen-bond acceptors (Lipinski definition) is 4.